The molecule has 0 aromatic heterocycles. The second kappa shape index (κ2) is 8.70. The fraction of sp³-hybridized carbons (Fsp3) is 0.579. The molecule has 1 fully saturated rings. The molecule has 0 aliphatic carbocycles. The van der Waals surface area contributed by atoms with E-state index in [0.717, 1.165) is 32.4 Å². The van der Waals surface area contributed by atoms with Crippen molar-refractivity contribution in [2.75, 3.05) is 13.1 Å². The lowest BCUT2D eigenvalue weighted by molar-refractivity contribution is -0.134. The van der Waals surface area contributed by atoms with Crippen LogP contribution in [-0.4, -0.2) is 35.8 Å². The van der Waals surface area contributed by atoms with Crippen LogP contribution in [0.3, 0.4) is 0 Å². The first-order chi connectivity index (χ1) is 11.1. The number of carbonyl (C=O) groups excluding carboxylic acids is 2. The zero-order valence-electron chi connectivity index (χ0n) is 14.3. The van der Waals surface area contributed by atoms with Crippen molar-refractivity contribution in [3.05, 3.63) is 35.9 Å². The highest BCUT2D eigenvalue weighted by Gasteiger charge is 2.30. The van der Waals surface area contributed by atoms with Crippen molar-refractivity contribution in [1.29, 1.82) is 0 Å². The quantitative estimate of drug-likeness (QED) is 0.906. The SMILES string of the molecule is CCC(C)C(NC(=O)c1ccccc1)C(=O)N1CCCCCC1. The van der Waals surface area contributed by atoms with E-state index in [1.165, 1.54) is 12.8 Å². The van der Waals surface area contributed by atoms with Crippen molar-refractivity contribution in [3.8, 4) is 0 Å². The Morgan fingerprint density at radius 1 is 1.09 bits per heavy atom. The van der Waals surface area contributed by atoms with Gasteiger partial charge in [-0.05, 0) is 30.9 Å². The van der Waals surface area contributed by atoms with E-state index in [4.69, 9.17) is 0 Å². The molecule has 0 saturated carbocycles. The maximum Gasteiger partial charge on any atom is 0.251 e. The number of amides is 2. The first-order valence-electron chi connectivity index (χ1n) is 8.78. The smallest absolute Gasteiger partial charge is 0.251 e. The van der Waals surface area contributed by atoms with Gasteiger partial charge in [-0.3, -0.25) is 9.59 Å². The maximum absolute atomic E-state index is 12.9. The Balaban J connectivity index is 2.09. The van der Waals surface area contributed by atoms with Crippen molar-refractivity contribution in [2.24, 2.45) is 5.92 Å². The number of likely N-dealkylation sites (tertiary alicyclic amines) is 1. The van der Waals surface area contributed by atoms with Gasteiger partial charge < -0.3 is 10.2 Å². The van der Waals surface area contributed by atoms with Crippen LogP contribution in [-0.2, 0) is 4.79 Å². The van der Waals surface area contributed by atoms with Crippen LogP contribution in [0.1, 0.15) is 56.3 Å². The first kappa shape index (κ1) is 17.5. The number of carbonyl (C=O) groups is 2. The van der Waals surface area contributed by atoms with Gasteiger partial charge in [0.2, 0.25) is 5.91 Å². The molecule has 0 spiro atoms. The van der Waals surface area contributed by atoms with Crippen molar-refractivity contribution in [1.82, 2.24) is 10.2 Å². The summed E-state index contributed by atoms with van der Waals surface area (Å²) in [6, 6.07) is 8.67. The lowest BCUT2D eigenvalue weighted by atomic mass is 9.97. The Hall–Kier alpha value is -1.84. The van der Waals surface area contributed by atoms with Crippen LogP contribution in [0.25, 0.3) is 0 Å². The summed E-state index contributed by atoms with van der Waals surface area (Å²) in [6.45, 7) is 5.72. The molecule has 1 aromatic rings. The number of hydrogen-bond acceptors (Lipinski definition) is 2. The minimum Gasteiger partial charge on any atom is -0.341 e. The molecule has 0 radical (unpaired) electrons. The third-order valence-corrected chi connectivity index (χ3v) is 4.72. The summed E-state index contributed by atoms with van der Waals surface area (Å²) in [4.78, 5) is 27.3. The predicted molar refractivity (Wildman–Crippen MR) is 92.2 cm³/mol. The van der Waals surface area contributed by atoms with Crippen molar-refractivity contribution in [3.63, 3.8) is 0 Å². The molecule has 126 valence electrons. The van der Waals surface area contributed by atoms with E-state index in [1.54, 1.807) is 12.1 Å². The molecule has 1 N–H and O–H groups in total. The molecule has 2 rings (SSSR count). The highest BCUT2D eigenvalue weighted by atomic mass is 16.2. The summed E-state index contributed by atoms with van der Waals surface area (Å²) in [7, 11) is 0. The lowest BCUT2D eigenvalue weighted by Crippen LogP contribution is -2.52. The summed E-state index contributed by atoms with van der Waals surface area (Å²) in [5, 5.41) is 2.97. The second-order valence-electron chi connectivity index (χ2n) is 6.44. The molecule has 2 amide bonds. The topological polar surface area (TPSA) is 49.4 Å². The van der Waals surface area contributed by atoms with E-state index < -0.39 is 6.04 Å². The normalized spacial score (nSPS) is 17.9. The minimum atomic E-state index is -0.439. The Bertz CT molecular complexity index is 507. The third kappa shape index (κ3) is 4.81. The van der Waals surface area contributed by atoms with Crippen molar-refractivity contribution >= 4 is 11.8 Å². The molecular formula is C19H28N2O2. The van der Waals surface area contributed by atoms with Gasteiger partial charge in [0.05, 0.1) is 0 Å². The summed E-state index contributed by atoms with van der Waals surface area (Å²) in [6.07, 6.45) is 5.36. The zero-order chi connectivity index (χ0) is 16.7. The van der Waals surface area contributed by atoms with Crippen LogP contribution in [0.4, 0.5) is 0 Å². The summed E-state index contributed by atoms with van der Waals surface area (Å²) < 4.78 is 0. The molecule has 23 heavy (non-hydrogen) atoms. The standard InChI is InChI=1S/C19H28N2O2/c1-3-15(2)17(19(23)21-13-9-4-5-10-14-21)20-18(22)16-11-7-6-8-12-16/h6-8,11-12,15,17H,3-5,9-10,13-14H2,1-2H3,(H,20,22). The summed E-state index contributed by atoms with van der Waals surface area (Å²) in [5.74, 6) is 0.0306. The lowest BCUT2D eigenvalue weighted by Gasteiger charge is -2.30. The molecular weight excluding hydrogens is 288 g/mol. The predicted octanol–water partition coefficient (Wildman–Crippen LogP) is 3.23. The average Bonchev–Trinajstić information content (AvgIpc) is 2.88. The minimum absolute atomic E-state index is 0.0746. The van der Waals surface area contributed by atoms with Gasteiger partial charge in [-0.15, -0.1) is 0 Å². The summed E-state index contributed by atoms with van der Waals surface area (Å²) >= 11 is 0. The Morgan fingerprint density at radius 3 is 2.26 bits per heavy atom. The Morgan fingerprint density at radius 2 is 1.70 bits per heavy atom. The number of nitrogens with one attached hydrogen (secondary N) is 1. The highest BCUT2D eigenvalue weighted by molar-refractivity contribution is 5.97. The van der Waals surface area contributed by atoms with Gasteiger partial charge in [-0.2, -0.15) is 0 Å². The van der Waals surface area contributed by atoms with E-state index in [0.29, 0.717) is 5.56 Å². The molecule has 0 bridgehead atoms. The number of nitrogens with zero attached hydrogens (tertiary/aromatic N) is 1. The van der Waals surface area contributed by atoms with Crippen LogP contribution in [0.5, 0.6) is 0 Å². The average molecular weight is 316 g/mol. The van der Waals surface area contributed by atoms with E-state index in [9.17, 15) is 9.59 Å². The molecule has 4 heteroatoms. The Kier molecular flexibility index (Phi) is 6.63. The molecule has 1 aliphatic rings. The molecule has 1 aromatic carbocycles. The number of hydrogen-bond donors (Lipinski definition) is 1. The van der Waals surface area contributed by atoms with Gasteiger partial charge in [0.1, 0.15) is 6.04 Å². The van der Waals surface area contributed by atoms with Gasteiger partial charge in [0.25, 0.3) is 5.91 Å². The van der Waals surface area contributed by atoms with Gasteiger partial charge >= 0.3 is 0 Å². The van der Waals surface area contributed by atoms with E-state index >= 15 is 0 Å². The van der Waals surface area contributed by atoms with Gasteiger partial charge in [-0.1, -0.05) is 51.3 Å². The molecule has 2 atom stereocenters. The fourth-order valence-electron chi connectivity index (χ4n) is 2.98. The van der Waals surface area contributed by atoms with E-state index in [-0.39, 0.29) is 17.7 Å². The van der Waals surface area contributed by atoms with Gasteiger partial charge in [0.15, 0.2) is 0 Å². The van der Waals surface area contributed by atoms with E-state index in [2.05, 4.69) is 12.2 Å². The van der Waals surface area contributed by atoms with Crippen LogP contribution < -0.4 is 5.32 Å². The van der Waals surface area contributed by atoms with Crippen LogP contribution in [0, 0.1) is 5.92 Å². The molecule has 4 nitrogen and oxygen atoms in total. The van der Waals surface area contributed by atoms with Crippen molar-refractivity contribution in [2.45, 2.75) is 52.0 Å². The number of rotatable bonds is 5. The van der Waals surface area contributed by atoms with Gasteiger partial charge in [-0.25, -0.2) is 0 Å². The number of benzene rings is 1. The highest BCUT2D eigenvalue weighted by Crippen LogP contribution is 2.16. The Labute approximate surface area is 139 Å². The molecule has 1 heterocycles. The van der Waals surface area contributed by atoms with Crippen molar-refractivity contribution < 1.29 is 9.59 Å². The second-order valence-corrected chi connectivity index (χ2v) is 6.44. The summed E-state index contributed by atoms with van der Waals surface area (Å²) in [5.41, 5.74) is 0.601. The third-order valence-electron chi connectivity index (χ3n) is 4.72. The molecule has 2 unspecified atom stereocenters. The molecule has 1 saturated heterocycles. The van der Waals surface area contributed by atoms with Crippen LogP contribution in [0.2, 0.25) is 0 Å². The van der Waals surface area contributed by atoms with E-state index in [1.807, 2.05) is 30.0 Å². The van der Waals surface area contributed by atoms with Crippen LogP contribution >= 0.6 is 0 Å². The first-order valence-corrected chi connectivity index (χ1v) is 8.78. The van der Waals surface area contributed by atoms with Gasteiger partial charge in [0, 0.05) is 18.7 Å². The van der Waals surface area contributed by atoms with Crippen LogP contribution in [0.15, 0.2) is 30.3 Å². The molecule has 1 aliphatic heterocycles. The fourth-order valence-corrected chi connectivity index (χ4v) is 2.98. The monoisotopic (exact) mass is 316 g/mol. The zero-order valence-corrected chi connectivity index (χ0v) is 14.3. The maximum atomic E-state index is 12.9. The largest absolute Gasteiger partial charge is 0.341 e.